The van der Waals surface area contributed by atoms with Crippen LogP contribution in [0.2, 0.25) is 0 Å². The second-order valence-corrected chi connectivity index (χ2v) is 13.2. The van der Waals surface area contributed by atoms with E-state index in [1.807, 2.05) is 60.7 Å². The fourth-order valence-electron chi connectivity index (χ4n) is 5.71. The first-order valence-electron chi connectivity index (χ1n) is 14.7. The fraction of sp³-hybridized carbons (Fsp3) is 0.364. The van der Waals surface area contributed by atoms with E-state index in [2.05, 4.69) is 28.3 Å². The van der Waals surface area contributed by atoms with E-state index in [0.29, 0.717) is 37.2 Å². The number of ether oxygens (including phenoxy) is 1. The van der Waals surface area contributed by atoms with Crippen molar-refractivity contribution in [3.8, 4) is 5.75 Å². The van der Waals surface area contributed by atoms with Gasteiger partial charge in [-0.15, -0.1) is 0 Å². The summed E-state index contributed by atoms with van der Waals surface area (Å²) in [5, 5.41) is 18.5. The van der Waals surface area contributed by atoms with E-state index < -0.39 is 22.2 Å². The molecule has 10 heteroatoms. The number of carbonyl (C=O) groups is 1. The van der Waals surface area contributed by atoms with Gasteiger partial charge in [-0.25, -0.2) is 8.42 Å². The number of benzene rings is 3. The van der Waals surface area contributed by atoms with Gasteiger partial charge >= 0.3 is 0 Å². The molecule has 2 atom stereocenters. The lowest BCUT2D eigenvalue weighted by Gasteiger charge is -2.26. The average molecular weight is 605 g/mol. The molecule has 0 spiro atoms. The summed E-state index contributed by atoms with van der Waals surface area (Å²) >= 11 is 0. The molecule has 3 N–H and O–H groups in total. The van der Waals surface area contributed by atoms with E-state index in [-0.39, 0.29) is 18.2 Å². The monoisotopic (exact) mass is 604 g/mol. The van der Waals surface area contributed by atoms with Crippen molar-refractivity contribution in [1.82, 2.24) is 15.2 Å². The summed E-state index contributed by atoms with van der Waals surface area (Å²) in [5.41, 5.74) is 4.72. The largest absolute Gasteiger partial charge is 0.497 e. The highest BCUT2D eigenvalue weighted by molar-refractivity contribution is 7.92. The molecule has 1 amide bonds. The van der Waals surface area contributed by atoms with Crippen LogP contribution in [0.4, 0.5) is 5.69 Å². The predicted molar refractivity (Wildman–Crippen MR) is 170 cm³/mol. The van der Waals surface area contributed by atoms with Gasteiger partial charge in [0.25, 0.3) is 5.91 Å². The number of sulfonamides is 1. The van der Waals surface area contributed by atoms with E-state index in [1.165, 1.54) is 4.31 Å². The molecular formula is C33H40N4O5S. The number of nitrogens with one attached hydrogen (secondary N) is 2. The van der Waals surface area contributed by atoms with Crippen LogP contribution in [0.3, 0.4) is 0 Å². The molecule has 0 saturated heterocycles. The van der Waals surface area contributed by atoms with E-state index >= 15 is 0 Å². The van der Waals surface area contributed by atoms with Gasteiger partial charge in [-0.1, -0.05) is 49.4 Å². The average Bonchev–Trinajstić information content (AvgIpc) is 3.37. The standard InChI is InChI=1S/C33H40N4O5S/c1-4-25-22-37-14-9-15-43(40,41)36(2)30-19-26(18-28(25)32(30)37)33(39)35-29(17-23-10-6-5-7-11-23)31(38)21-34-20-24-12-8-13-27(16-24)42-3/h5-8,10-13,16,18-19,22,29,31,34,38H,4,9,14-15,17,20-21H2,1-3H3,(H,35,39)/t29-,31+/m0/s1. The van der Waals surface area contributed by atoms with Crippen LogP contribution >= 0.6 is 0 Å². The summed E-state index contributed by atoms with van der Waals surface area (Å²) in [6.07, 6.45) is 2.87. The third-order valence-electron chi connectivity index (χ3n) is 8.13. The number of amides is 1. The number of hydrogen-bond donors (Lipinski definition) is 3. The third-order valence-corrected chi connectivity index (χ3v) is 9.97. The van der Waals surface area contributed by atoms with Crippen molar-refractivity contribution < 1.29 is 23.1 Å². The maximum absolute atomic E-state index is 13.8. The molecule has 0 fully saturated rings. The summed E-state index contributed by atoms with van der Waals surface area (Å²) in [6, 6.07) is 20.3. The minimum absolute atomic E-state index is 0.0363. The fourth-order valence-corrected chi connectivity index (χ4v) is 6.92. The Bertz CT molecular complexity index is 1690. The van der Waals surface area contributed by atoms with Gasteiger partial charge in [0.05, 0.1) is 36.2 Å². The number of methoxy groups -OCH3 is 1. The van der Waals surface area contributed by atoms with E-state index in [0.717, 1.165) is 39.8 Å². The van der Waals surface area contributed by atoms with Gasteiger partial charge in [0.2, 0.25) is 10.0 Å². The third kappa shape index (κ3) is 6.87. The molecular weight excluding hydrogens is 564 g/mol. The van der Waals surface area contributed by atoms with Crippen LogP contribution in [0.25, 0.3) is 10.9 Å². The number of carbonyl (C=O) groups excluding carboxylic acids is 1. The van der Waals surface area contributed by atoms with E-state index in [1.54, 1.807) is 20.2 Å². The summed E-state index contributed by atoms with van der Waals surface area (Å²) in [5.74, 6) is 0.430. The first kappa shape index (κ1) is 30.6. The topological polar surface area (TPSA) is 113 Å². The zero-order valence-electron chi connectivity index (χ0n) is 24.9. The lowest BCUT2D eigenvalue weighted by molar-refractivity contribution is 0.0830. The van der Waals surface area contributed by atoms with Crippen molar-refractivity contribution in [1.29, 1.82) is 0 Å². The van der Waals surface area contributed by atoms with Gasteiger partial charge in [0.15, 0.2) is 0 Å². The smallest absolute Gasteiger partial charge is 0.251 e. The Balaban J connectivity index is 1.42. The molecule has 2 heterocycles. The quantitative estimate of drug-likeness (QED) is 0.240. The molecule has 43 heavy (non-hydrogen) atoms. The van der Waals surface area contributed by atoms with Crippen molar-refractivity contribution in [2.24, 2.45) is 0 Å². The maximum Gasteiger partial charge on any atom is 0.251 e. The number of aromatic nitrogens is 1. The van der Waals surface area contributed by atoms with Gasteiger partial charge in [0.1, 0.15) is 5.75 Å². The minimum Gasteiger partial charge on any atom is -0.497 e. The molecule has 5 rings (SSSR count). The molecule has 228 valence electrons. The summed E-state index contributed by atoms with van der Waals surface area (Å²) in [6.45, 7) is 3.42. The van der Waals surface area contributed by atoms with Crippen LogP contribution in [0.15, 0.2) is 72.9 Å². The normalized spacial score (nSPS) is 15.9. The molecule has 1 aromatic heterocycles. The first-order chi connectivity index (χ1) is 20.7. The summed E-state index contributed by atoms with van der Waals surface area (Å²) < 4.78 is 34.8. The van der Waals surface area contributed by atoms with Crippen LogP contribution in [0.5, 0.6) is 5.75 Å². The number of rotatable bonds is 11. The lowest BCUT2D eigenvalue weighted by Crippen LogP contribution is -2.48. The molecule has 1 aliphatic heterocycles. The van der Waals surface area contributed by atoms with Crippen molar-refractivity contribution in [2.75, 3.05) is 30.8 Å². The number of hydrogen-bond acceptors (Lipinski definition) is 6. The van der Waals surface area contributed by atoms with Crippen LogP contribution in [-0.4, -0.2) is 62.6 Å². The number of anilines is 1. The van der Waals surface area contributed by atoms with Gasteiger partial charge in [0, 0.05) is 43.8 Å². The molecule has 4 aromatic rings. The van der Waals surface area contributed by atoms with E-state index in [4.69, 9.17) is 4.74 Å². The van der Waals surface area contributed by atoms with Crippen LogP contribution < -0.4 is 19.7 Å². The Hall–Kier alpha value is -3.86. The second-order valence-electron chi connectivity index (χ2n) is 11.0. The molecule has 9 nitrogen and oxygen atoms in total. The Labute approximate surface area is 253 Å². The van der Waals surface area contributed by atoms with Crippen LogP contribution in [-0.2, 0) is 36.0 Å². The Morgan fingerprint density at radius 2 is 1.84 bits per heavy atom. The van der Waals surface area contributed by atoms with Crippen molar-refractivity contribution >= 4 is 32.5 Å². The number of nitrogens with zero attached hydrogens (tertiary/aromatic N) is 2. The number of aliphatic hydroxyl groups excluding tert-OH is 1. The van der Waals surface area contributed by atoms with E-state index in [9.17, 15) is 18.3 Å². The molecule has 0 unspecified atom stereocenters. The predicted octanol–water partition coefficient (Wildman–Crippen LogP) is 3.87. The first-order valence-corrected chi connectivity index (χ1v) is 16.3. The molecule has 0 saturated carbocycles. The SMILES string of the molecule is CCc1cn2c3c(cc(C(=O)N[C@@H](Cc4ccccc4)[C@H](O)CNCc4cccc(OC)c4)cc13)N(C)S(=O)(=O)CCC2. The summed E-state index contributed by atoms with van der Waals surface area (Å²) in [4.78, 5) is 13.8. The molecule has 3 aromatic carbocycles. The van der Waals surface area contributed by atoms with Crippen molar-refractivity contribution in [2.45, 2.75) is 51.4 Å². The van der Waals surface area contributed by atoms with Crippen molar-refractivity contribution in [3.63, 3.8) is 0 Å². The minimum atomic E-state index is -3.53. The summed E-state index contributed by atoms with van der Waals surface area (Å²) in [7, 11) is -0.358. The number of aryl methyl sites for hydroxylation is 2. The highest BCUT2D eigenvalue weighted by Gasteiger charge is 2.28. The zero-order chi connectivity index (χ0) is 30.6. The molecule has 0 radical (unpaired) electrons. The van der Waals surface area contributed by atoms with Gasteiger partial charge in [-0.2, -0.15) is 0 Å². The van der Waals surface area contributed by atoms with Crippen molar-refractivity contribution in [3.05, 3.63) is 95.2 Å². The Morgan fingerprint density at radius 3 is 2.58 bits per heavy atom. The molecule has 0 bridgehead atoms. The van der Waals surface area contributed by atoms with Crippen LogP contribution in [0, 0.1) is 0 Å². The lowest BCUT2D eigenvalue weighted by atomic mass is 9.99. The molecule has 0 aliphatic carbocycles. The second kappa shape index (κ2) is 13.2. The maximum atomic E-state index is 13.8. The van der Waals surface area contributed by atoms with Gasteiger partial charge in [-0.05, 0) is 60.2 Å². The molecule has 1 aliphatic rings. The highest BCUT2D eigenvalue weighted by atomic mass is 32.2. The van der Waals surface area contributed by atoms with Gasteiger partial charge in [-0.3, -0.25) is 9.10 Å². The zero-order valence-corrected chi connectivity index (χ0v) is 25.7. The Morgan fingerprint density at radius 1 is 1.07 bits per heavy atom. The van der Waals surface area contributed by atoms with Gasteiger partial charge < -0.3 is 25.0 Å². The van der Waals surface area contributed by atoms with Crippen LogP contribution in [0.1, 0.15) is 40.4 Å². The number of aliphatic hydroxyl groups is 1. The highest BCUT2D eigenvalue weighted by Crippen LogP contribution is 2.35. The Kier molecular flexibility index (Phi) is 9.39.